The van der Waals surface area contributed by atoms with E-state index in [-0.39, 0.29) is 28.4 Å². The molecule has 3 rings (SSSR count). The highest BCUT2D eigenvalue weighted by atomic mass is 79.9. The second-order valence-corrected chi connectivity index (χ2v) is 5.91. The zero-order valence-corrected chi connectivity index (χ0v) is 15.2. The third-order valence-corrected chi connectivity index (χ3v) is 4.06. The standard InChI is InChI=1S/C16H10F3N3O2S.BrH/c17-16(18,19)11-4-2-5-12(8-11)20-15-21-14(9-25-15)10-3-1-6-13(7-10)22(23)24;/h1-9H,(H,20,21);1H/p-1. The summed E-state index contributed by atoms with van der Waals surface area (Å²) in [4.78, 5) is 14.6. The van der Waals surface area contributed by atoms with Gasteiger partial charge in [0.1, 0.15) is 0 Å². The summed E-state index contributed by atoms with van der Waals surface area (Å²) in [5.41, 5.74) is 0.506. The van der Waals surface area contributed by atoms with Gasteiger partial charge in [0.2, 0.25) is 0 Å². The topological polar surface area (TPSA) is 68.1 Å². The van der Waals surface area contributed by atoms with Crippen molar-refractivity contribution in [2.45, 2.75) is 6.18 Å². The van der Waals surface area contributed by atoms with Gasteiger partial charge in [0.25, 0.3) is 5.69 Å². The number of anilines is 2. The predicted octanol–water partition coefficient (Wildman–Crippen LogP) is 2.48. The van der Waals surface area contributed by atoms with Crippen molar-refractivity contribution in [1.82, 2.24) is 4.98 Å². The van der Waals surface area contributed by atoms with Crippen LogP contribution in [0.2, 0.25) is 0 Å². The Kier molecular flexibility index (Phi) is 5.98. The lowest BCUT2D eigenvalue weighted by Gasteiger charge is -2.08. The van der Waals surface area contributed by atoms with Crippen molar-refractivity contribution in [3.63, 3.8) is 0 Å². The third kappa shape index (κ3) is 4.58. The molecule has 0 atom stereocenters. The van der Waals surface area contributed by atoms with E-state index in [0.29, 0.717) is 16.4 Å². The number of nitrogens with one attached hydrogen (secondary N) is 1. The number of rotatable bonds is 4. The number of alkyl halides is 3. The Morgan fingerprint density at radius 1 is 1.12 bits per heavy atom. The highest BCUT2D eigenvalue weighted by Crippen LogP contribution is 2.33. The van der Waals surface area contributed by atoms with Gasteiger partial charge in [0.05, 0.1) is 16.2 Å². The van der Waals surface area contributed by atoms with Crippen molar-refractivity contribution in [2.75, 3.05) is 5.32 Å². The van der Waals surface area contributed by atoms with Gasteiger partial charge in [-0.2, -0.15) is 13.2 Å². The van der Waals surface area contributed by atoms with Gasteiger partial charge in [0, 0.05) is 28.8 Å². The fraction of sp³-hybridized carbons (Fsp3) is 0.0625. The van der Waals surface area contributed by atoms with Gasteiger partial charge in [-0.25, -0.2) is 4.98 Å². The van der Waals surface area contributed by atoms with Crippen LogP contribution in [0.5, 0.6) is 0 Å². The maximum Gasteiger partial charge on any atom is 0.416 e. The van der Waals surface area contributed by atoms with Crippen LogP contribution in [0.25, 0.3) is 11.3 Å². The van der Waals surface area contributed by atoms with Crippen molar-refractivity contribution < 1.29 is 35.1 Å². The fourth-order valence-corrected chi connectivity index (χ4v) is 2.88. The number of aromatic nitrogens is 1. The molecule has 10 heteroatoms. The molecule has 0 radical (unpaired) electrons. The van der Waals surface area contributed by atoms with E-state index in [4.69, 9.17) is 0 Å². The van der Waals surface area contributed by atoms with E-state index in [0.717, 1.165) is 12.1 Å². The summed E-state index contributed by atoms with van der Waals surface area (Å²) in [5, 5.41) is 15.7. The maximum atomic E-state index is 12.7. The minimum atomic E-state index is -4.42. The molecule has 0 unspecified atom stereocenters. The minimum absolute atomic E-state index is 0. The van der Waals surface area contributed by atoms with E-state index >= 15 is 0 Å². The van der Waals surface area contributed by atoms with Crippen LogP contribution < -0.4 is 22.3 Å². The van der Waals surface area contributed by atoms with Crippen LogP contribution in [0.3, 0.4) is 0 Å². The van der Waals surface area contributed by atoms with Crippen LogP contribution in [0.1, 0.15) is 5.56 Å². The van der Waals surface area contributed by atoms with E-state index in [1.807, 2.05) is 0 Å². The van der Waals surface area contributed by atoms with Gasteiger partial charge in [-0.05, 0) is 18.2 Å². The molecule has 0 saturated carbocycles. The van der Waals surface area contributed by atoms with Gasteiger partial charge in [-0.3, -0.25) is 10.1 Å². The second-order valence-electron chi connectivity index (χ2n) is 5.05. The first kappa shape index (κ1) is 19.9. The first-order valence-corrected chi connectivity index (χ1v) is 7.85. The summed E-state index contributed by atoms with van der Waals surface area (Å²) in [7, 11) is 0. The molecule has 0 bridgehead atoms. The SMILES string of the molecule is O=[N+]([O-])c1cccc(-c2csc(Nc3cccc(C(F)(F)F)c3)n2)c1.[Br-]. The molecular weight excluding hydrogens is 435 g/mol. The van der Waals surface area contributed by atoms with Gasteiger partial charge < -0.3 is 22.3 Å². The molecule has 1 N–H and O–H groups in total. The molecule has 26 heavy (non-hydrogen) atoms. The summed E-state index contributed by atoms with van der Waals surface area (Å²) in [6.45, 7) is 0. The highest BCUT2D eigenvalue weighted by Gasteiger charge is 2.30. The lowest BCUT2D eigenvalue weighted by molar-refractivity contribution is -0.384. The zero-order valence-electron chi connectivity index (χ0n) is 12.8. The van der Waals surface area contributed by atoms with Gasteiger partial charge in [-0.15, -0.1) is 11.3 Å². The Bertz CT molecular complexity index is 931. The highest BCUT2D eigenvalue weighted by molar-refractivity contribution is 7.14. The second kappa shape index (κ2) is 7.83. The maximum absolute atomic E-state index is 12.7. The summed E-state index contributed by atoms with van der Waals surface area (Å²) in [6, 6.07) is 10.8. The number of non-ortho nitro benzene ring substituents is 1. The van der Waals surface area contributed by atoms with E-state index in [2.05, 4.69) is 10.3 Å². The molecule has 5 nitrogen and oxygen atoms in total. The summed E-state index contributed by atoms with van der Waals surface area (Å²) >= 11 is 1.19. The van der Waals surface area contributed by atoms with Crippen LogP contribution in [0, 0.1) is 10.1 Å². The summed E-state index contributed by atoms with van der Waals surface area (Å²) in [6.07, 6.45) is -4.42. The van der Waals surface area contributed by atoms with Crippen molar-refractivity contribution in [3.05, 3.63) is 69.6 Å². The number of benzene rings is 2. The first-order chi connectivity index (χ1) is 11.8. The molecule has 2 aromatic carbocycles. The van der Waals surface area contributed by atoms with Gasteiger partial charge in [-0.1, -0.05) is 18.2 Å². The molecule has 136 valence electrons. The number of nitro benzene ring substituents is 1. The van der Waals surface area contributed by atoms with E-state index < -0.39 is 16.7 Å². The quantitative estimate of drug-likeness (QED) is 0.495. The van der Waals surface area contributed by atoms with E-state index in [1.165, 1.54) is 35.6 Å². The van der Waals surface area contributed by atoms with Crippen LogP contribution in [-0.4, -0.2) is 9.91 Å². The van der Waals surface area contributed by atoms with Crippen molar-refractivity contribution >= 4 is 27.8 Å². The number of nitro groups is 1. The molecule has 0 aliphatic carbocycles. The molecule has 0 spiro atoms. The van der Waals surface area contributed by atoms with E-state index in [1.54, 1.807) is 17.5 Å². The summed E-state index contributed by atoms with van der Waals surface area (Å²) in [5.74, 6) is 0. The molecule has 0 aliphatic rings. The number of halogens is 4. The van der Waals surface area contributed by atoms with Crippen LogP contribution in [0.4, 0.5) is 29.7 Å². The molecule has 0 aliphatic heterocycles. The molecule has 3 aromatic rings. The Labute approximate surface area is 160 Å². The van der Waals surface area contributed by atoms with Crippen LogP contribution in [0.15, 0.2) is 53.9 Å². The molecule has 0 saturated heterocycles. The van der Waals surface area contributed by atoms with Crippen molar-refractivity contribution in [3.8, 4) is 11.3 Å². The third-order valence-electron chi connectivity index (χ3n) is 3.30. The van der Waals surface area contributed by atoms with Crippen LogP contribution >= 0.6 is 11.3 Å². The average molecular weight is 445 g/mol. The Morgan fingerprint density at radius 2 is 1.85 bits per heavy atom. The van der Waals surface area contributed by atoms with E-state index in [9.17, 15) is 23.3 Å². The van der Waals surface area contributed by atoms with Crippen molar-refractivity contribution in [2.24, 2.45) is 0 Å². The Balaban J connectivity index is 0.00000243. The molecule has 0 amide bonds. The number of nitrogens with zero attached hydrogens (tertiary/aromatic N) is 2. The van der Waals surface area contributed by atoms with Gasteiger partial charge >= 0.3 is 6.18 Å². The lowest BCUT2D eigenvalue weighted by Crippen LogP contribution is -3.00. The number of thiazole rings is 1. The smallest absolute Gasteiger partial charge is 0.416 e. The predicted molar refractivity (Wildman–Crippen MR) is 88.9 cm³/mol. The largest absolute Gasteiger partial charge is 1.00 e. The molecule has 0 fully saturated rings. The minimum Gasteiger partial charge on any atom is -1.00 e. The lowest BCUT2D eigenvalue weighted by atomic mass is 10.1. The number of hydrogen-bond acceptors (Lipinski definition) is 5. The monoisotopic (exact) mass is 444 g/mol. The summed E-state index contributed by atoms with van der Waals surface area (Å²) < 4.78 is 38.2. The first-order valence-electron chi connectivity index (χ1n) is 6.97. The zero-order chi connectivity index (χ0) is 18.0. The molecular formula is C16H10BrF3N3O2S-. The van der Waals surface area contributed by atoms with Gasteiger partial charge in [0.15, 0.2) is 5.13 Å². The Hall–Kier alpha value is -2.46. The average Bonchev–Trinajstić information content (AvgIpc) is 3.03. The number of hydrogen-bond donors (Lipinski definition) is 1. The van der Waals surface area contributed by atoms with Crippen molar-refractivity contribution in [1.29, 1.82) is 0 Å². The Morgan fingerprint density at radius 3 is 2.54 bits per heavy atom. The molecule has 1 aromatic heterocycles. The fourth-order valence-electron chi connectivity index (χ4n) is 2.14. The van der Waals surface area contributed by atoms with Crippen LogP contribution in [-0.2, 0) is 6.18 Å². The normalized spacial score (nSPS) is 10.9. The molecule has 1 heterocycles.